The first-order chi connectivity index (χ1) is 16.3. The molecule has 5 heteroatoms. The van der Waals surface area contributed by atoms with Crippen molar-refractivity contribution in [1.82, 2.24) is 14.5 Å². The average molecular weight is 617 g/mol. The van der Waals surface area contributed by atoms with Crippen molar-refractivity contribution in [3.63, 3.8) is 0 Å². The molecular weight excluding hydrogens is 597 g/mol. The van der Waals surface area contributed by atoms with Gasteiger partial charge in [0.15, 0.2) is 0 Å². The second kappa shape index (κ2) is 10.9. The minimum atomic E-state index is 0. The van der Waals surface area contributed by atoms with E-state index in [1.807, 2.05) is 60.9 Å². The minimum absolute atomic E-state index is 0. The van der Waals surface area contributed by atoms with Crippen molar-refractivity contribution in [3.05, 3.63) is 121 Å². The van der Waals surface area contributed by atoms with Crippen LogP contribution in [-0.2, 0) is 33.1 Å². The van der Waals surface area contributed by atoms with Gasteiger partial charge in [0, 0.05) is 51.3 Å². The number of fused-ring (bicyclic) bond motifs is 3. The monoisotopic (exact) mass is 617 g/mol. The maximum Gasteiger partial charge on any atom is 0.0560 e. The molecule has 0 saturated carbocycles. The molecule has 167 valence electrons. The van der Waals surface area contributed by atoms with Gasteiger partial charge in [0.1, 0.15) is 0 Å². The van der Waals surface area contributed by atoms with E-state index in [1.165, 1.54) is 11.1 Å². The van der Waals surface area contributed by atoms with Crippen LogP contribution in [0.25, 0.3) is 33.8 Å². The van der Waals surface area contributed by atoms with E-state index in [1.54, 1.807) is 18.3 Å². The molecule has 0 spiro atoms. The van der Waals surface area contributed by atoms with E-state index >= 15 is 0 Å². The van der Waals surface area contributed by atoms with Crippen LogP contribution in [0.15, 0.2) is 97.5 Å². The van der Waals surface area contributed by atoms with Crippen LogP contribution in [0.2, 0.25) is 0 Å². The average Bonchev–Trinajstić information content (AvgIpc) is 3.39. The fraction of sp³-hybridized carbons (Fsp3) is 0.0690. The fourth-order valence-electron chi connectivity index (χ4n) is 3.96. The molecule has 0 bridgehead atoms. The number of aryl methyl sites for hydroxylation is 2. The summed E-state index contributed by atoms with van der Waals surface area (Å²) in [5, 5.41) is 8.85. The molecule has 1 radical (unpaired) electrons. The van der Waals surface area contributed by atoms with Crippen molar-refractivity contribution in [2.45, 2.75) is 13.0 Å². The van der Waals surface area contributed by atoms with Crippen LogP contribution in [0, 0.1) is 23.5 Å². The second-order valence-electron chi connectivity index (χ2n) is 7.63. The third-order valence-corrected chi connectivity index (χ3v) is 5.59. The van der Waals surface area contributed by atoms with Crippen molar-refractivity contribution >= 4 is 0 Å². The molecule has 0 N–H and O–H groups in total. The third kappa shape index (κ3) is 4.89. The molecule has 1 aliphatic rings. The molecule has 4 nitrogen and oxygen atoms in total. The van der Waals surface area contributed by atoms with Crippen LogP contribution in [0.4, 0.5) is 0 Å². The maximum absolute atomic E-state index is 8.85. The summed E-state index contributed by atoms with van der Waals surface area (Å²) >= 11 is 0. The van der Waals surface area contributed by atoms with Crippen LogP contribution < -0.4 is 0 Å². The normalized spacial score (nSPS) is 11.0. The SMILES string of the molecule is N#Cc1c[c-]c(-c2ncccc2-c2ccccc2)cc1.[Ir].[c-]1cccc2c1-c1nccn1CC2. The first kappa shape index (κ1) is 23.3. The zero-order valence-electron chi connectivity index (χ0n) is 18.3. The third-order valence-electron chi connectivity index (χ3n) is 5.59. The van der Waals surface area contributed by atoms with Gasteiger partial charge < -0.3 is 9.55 Å². The number of rotatable bonds is 2. The van der Waals surface area contributed by atoms with Gasteiger partial charge in [-0.25, -0.2) is 5.26 Å². The number of aromatic nitrogens is 3. The van der Waals surface area contributed by atoms with Crippen LogP contribution in [0.3, 0.4) is 0 Å². The van der Waals surface area contributed by atoms with Gasteiger partial charge in [-0.05, 0) is 34.9 Å². The number of nitrogens with zero attached hydrogens (tertiary/aromatic N) is 4. The number of benzene rings is 3. The summed E-state index contributed by atoms with van der Waals surface area (Å²) in [7, 11) is 0. The first-order valence-corrected chi connectivity index (χ1v) is 10.8. The van der Waals surface area contributed by atoms with E-state index < -0.39 is 0 Å². The Bertz CT molecular complexity index is 1420. The number of hydrogen-bond acceptors (Lipinski definition) is 3. The van der Waals surface area contributed by atoms with Crippen molar-refractivity contribution in [3.8, 4) is 39.8 Å². The number of hydrogen-bond donors (Lipinski definition) is 0. The van der Waals surface area contributed by atoms with Crippen molar-refractivity contribution in [2.24, 2.45) is 0 Å². The van der Waals surface area contributed by atoms with Gasteiger partial charge in [0.05, 0.1) is 5.82 Å². The Morgan fingerprint density at radius 1 is 0.882 bits per heavy atom. The second-order valence-corrected chi connectivity index (χ2v) is 7.63. The zero-order valence-corrected chi connectivity index (χ0v) is 20.7. The fourth-order valence-corrected chi connectivity index (χ4v) is 3.96. The zero-order chi connectivity index (χ0) is 22.5. The summed E-state index contributed by atoms with van der Waals surface area (Å²) in [4.78, 5) is 8.80. The summed E-state index contributed by atoms with van der Waals surface area (Å²) in [6.45, 7) is 1.04. The number of nitriles is 1. The topological polar surface area (TPSA) is 54.5 Å². The van der Waals surface area contributed by atoms with Crippen molar-refractivity contribution in [1.29, 1.82) is 5.26 Å². The van der Waals surface area contributed by atoms with E-state index in [4.69, 9.17) is 5.26 Å². The van der Waals surface area contributed by atoms with E-state index in [-0.39, 0.29) is 20.1 Å². The van der Waals surface area contributed by atoms with Crippen LogP contribution >= 0.6 is 0 Å². The van der Waals surface area contributed by atoms with Crippen molar-refractivity contribution < 1.29 is 20.1 Å². The first-order valence-electron chi connectivity index (χ1n) is 10.8. The largest absolute Gasteiger partial charge is 0.371 e. The molecule has 0 fully saturated rings. The Balaban J connectivity index is 0.000000169. The number of pyridine rings is 1. The van der Waals surface area contributed by atoms with Gasteiger partial charge in [-0.3, -0.25) is 4.98 Å². The molecule has 0 atom stereocenters. The summed E-state index contributed by atoms with van der Waals surface area (Å²) < 4.78 is 2.18. The molecule has 34 heavy (non-hydrogen) atoms. The van der Waals surface area contributed by atoms with Gasteiger partial charge in [-0.15, -0.1) is 65.2 Å². The molecule has 3 heterocycles. The van der Waals surface area contributed by atoms with Crippen LogP contribution in [0.5, 0.6) is 0 Å². The summed E-state index contributed by atoms with van der Waals surface area (Å²) in [6.07, 6.45) is 6.74. The van der Waals surface area contributed by atoms with E-state index in [9.17, 15) is 0 Å². The molecule has 6 rings (SSSR count). The minimum Gasteiger partial charge on any atom is -0.371 e. The molecule has 0 saturated heterocycles. The predicted octanol–water partition coefficient (Wildman–Crippen LogP) is 5.99. The Labute approximate surface area is 212 Å². The Hall–Kier alpha value is -3.84. The Morgan fingerprint density at radius 2 is 1.76 bits per heavy atom. The van der Waals surface area contributed by atoms with Gasteiger partial charge in [-0.2, -0.15) is 0 Å². The number of imidazole rings is 1. The van der Waals surface area contributed by atoms with Crippen LogP contribution in [0.1, 0.15) is 11.1 Å². The molecule has 0 amide bonds. The molecule has 1 aliphatic heterocycles. The molecule has 0 unspecified atom stereocenters. The summed E-state index contributed by atoms with van der Waals surface area (Å²) in [5.74, 6) is 1.06. The van der Waals surface area contributed by atoms with Crippen molar-refractivity contribution in [2.75, 3.05) is 0 Å². The molecule has 0 aliphatic carbocycles. The molecule has 3 aromatic carbocycles. The van der Waals surface area contributed by atoms with Gasteiger partial charge in [-0.1, -0.05) is 36.4 Å². The Morgan fingerprint density at radius 3 is 2.56 bits per heavy atom. The summed E-state index contributed by atoms with van der Waals surface area (Å²) in [5.41, 5.74) is 7.08. The quantitative estimate of drug-likeness (QED) is 0.229. The van der Waals surface area contributed by atoms with Gasteiger partial charge in [0.2, 0.25) is 0 Å². The standard InChI is InChI=1S/C18H11N2.C11H9N2.Ir/c19-13-14-8-10-16(11-9-14)18-17(7-4-12-20-18)15-5-2-1-3-6-15;1-2-4-10-9(3-1)5-7-13-8-6-12-11(10)13;/h1-10,12H;1-3,6,8H,5,7H2;/q2*-1;. The smallest absolute Gasteiger partial charge is 0.0560 e. The predicted molar refractivity (Wildman–Crippen MR) is 129 cm³/mol. The van der Waals surface area contributed by atoms with Crippen LogP contribution in [-0.4, -0.2) is 14.5 Å². The van der Waals surface area contributed by atoms with Gasteiger partial charge in [0.25, 0.3) is 0 Å². The Kier molecular flexibility index (Phi) is 7.44. The molecule has 5 aromatic rings. The van der Waals surface area contributed by atoms with E-state index in [2.05, 4.69) is 50.9 Å². The molecule has 2 aromatic heterocycles. The van der Waals surface area contributed by atoms with E-state index in [0.29, 0.717) is 5.56 Å². The molecular formula is C29H20IrN4-2. The maximum atomic E-state index is 8.85. The van der Waals surface area contributed by atoms with E-state index in [0.717, 1.165) is 41.2 Å². The summed E-state index contributed by atoms with van der Waals surface area (Å²) in [6, 6.07) is 34.1. The van der Waals surface area contributed by atoms with Gasteiger partial charge >= 0.3 is 0 Å².